The van der Waals surface area contributed by atoms with Crippen molar-refractivity contribution in [2.75, 3.05) is 0 Å². The maximum Gasteiger partial charge on any atom is 0.278 e. The summed E-state index contributed by atoms with van der Waals surface area (Å²) in [5.74, 6) is 1.29. The minimum atomic E-state index is 0.292. The summed E-state index contributed by atoms with van der Waals surface area (Å²) in [6, 6.07) is 0. The average molecular weight is 294 g/mol. The Morgan fingerprint density at radius 3 is 2.38 bits per heavy atom. The van der Waals surface area contributed by atoms with Gasteiger partial charge in [-0.15, -0.1) is 10.2 Å². The van der Waals surface area contributed by atoms with Crippen molar-refractivity contribution in [1.82, 2.24) is 10.2 Å². The van der Waals surface area contributed by atoms with Crippen molar-refractivity contribution in [1.29, 1.82) is 0 Å². The molecule has 0 radical (unpaired) electrons. The first-order valence-corrected chi connectivity index (χ1v) is 5.45. The molecule has 0 aliphatic heterocycles. The summed E-state index contributed by atoms with van der Waals surface area (Å²) in [4.78, 5) is 0. The third-order valence-corrected chi connectivity index (χ3v) is 2.84. The van der Waals surface area contributed by atoms with Crippen molar-refractivity contribution in [2.45, 2.75) is 34.1 Å². The Morgan fingerprint density at radius 1 is 1.38 bits per heavy atom. The van der Waals surface area contributed by atoms with Gasteiger partial charge in [-0.1, -0.05) is 27.7 Å². The molecule has 0 amide bonds. The summed E-state index contributed by atoms with van der Waals surface area (Å²) in [7, 11) is 0. The summed E-state index contributed by atoms with van der Waals surface area (Å²) in [6.45, 7) is 8.87. The normalized spacial score (nSPS) is 14.5. The minimum absolute atomic E-state index is 0.292. The Kier molecular flexibility index (Phi) is 3.32. The molecule has 1 aromatic heterocycles. The van der Waals surface area contributed by atoms with Gasteiger partial charge >= 0.3 is 0 Å². The molecular formula is C9H15IN2O. The van der Waals surface area contributed by atoms with Crippen molar-refractivity contribution < 1.29 is 4.42 Å². The van der Waals surface area contributed by atoms with Crippen LogP contribution in [0.25, 0.3) is 0 Å². The largest absolute Gasteiger partial charge is 0.416 e. The van der Waals surface area contributed by atoms with Crippen molar-refractivity contribution in [3.8, 4) is 0 Å². The molecule has 1 heterocycles. The van der Waals surface area contributed by atoms with Crippen LogP contribution in [0.4, 0.5) is 0 Å². The highest BCUT2D eigenvalue weighted by Gasteiger charge is 2.22. The number of hydrogen-bond donors (Lipinski definition) is 0. The molecule has 1 rings (SSSR count). The van der Waals surface area contributed by atoms with Crippen LogP contribution >= 0.6 is 22.6 Å². The molecule has 0 aliphatic carbocycles. The van der Waals surface area contributed by atoms with Crippen LogP contribution in [0.1, 0.15) is 33.6 Å². The van der Waals surface area contributed by atoms with E-state index >= 15 is 0 Å². The van der Waals surface area contributed by atoms with Gasteiger partial charge in [0.25, 0.3) is 3.90 Å². The predicted molar refractivity (Wildman–Crippen MR) is 59.3 cm³/mol. The Bertz CT molecular complexity index is 277. The quantitative estimate of drug-likeness (QED) is 0.787. The summed E-state index contributed by atoms with van der Waals surface area (Å²) in [5.41, 5.74) is 0.292. The van der Waals surface area contributed by atoms with Gasteiger partial charge in [0.2, 0.25) is 5.89 Å². The second-order valence-electron chi connectivity index (χ2n) is 4.42. The predicted octanol–water partition coefficient (Wildman–Crippen LogP) is 2.90. The van der Waals surface area contributed by atoms with Gasteiger partial charge in [-0.2, -0.15) is 0 Å². The van der Waals surface area contributed by atoms with E-state index in [4.69, 9.17) is 4.42 Å². The van der Waals surface area contributed by atoms with Crippen molar-refractivity contribution in [2.24, 2.45) is 11.3 Å². The standard InChI is InChI=1S/C9H15IN2O/c1-6(9(2,3)4)5-7-11-12-8(10)13-7/h6H,5H2,1-4H3. The van der Waals surface area contributed by atoms with Crippen LogP contribution in [0.15, 0.2) is 4.42 Å². The van der Waals surface area contributed by atoms with Gasteiger partial charge < -0.3 is 4.42 Å². The van der Waals surface area contributed by atoms with E-state index in [1.165, 1.54) is 0 Å². The molecular weight excluding hydrogens is 279 g/mol. The molecule has 74 valence electrons. The zero-order chi connectivity index (χ0) is 10.1. The lowest BCUT2D eigenvalue weighted by Crippen LogP contribution is -2.19. The van der Waals surface area contributed by atoms with E-state index < -0.39 is 0 Å². The topological polar surface area (TPSA) is 38.9 Å². The van der Waals surface area contributed by atoms with Crippen LogP contribution in [-0.4, -0.2) is 10.2 Å². The lowest BCUT2D eigenvalue weighted by molar-refractivity contribution is 0.244. The smallest absolute Gasteiger partial charge is 0.278 e. The van der Waals surface area contributed by atoms with Gasteiger partial charge in [0.05, 0.1) is 0 Å². The van der Waals surface area contributed by atoms with Crippen molar-refractivity contribution >= 4 is 22.6 Å². The zero-order valence-corrected chi connectivity index (χ0v) is 10.6. The lowest BCUT2D eigenvalue weighted by atomic mass is 9.80. The van der Waals surface area contributed by atoms with E-state index in [1.807, 2.05) is 22.6 Å². The molecule has 0 N–H and O–H groups in total. The van der Waals surface area contributed by atoms with E-state index in [0.717, 1.165) is 12.3 Å². The molecule has 4 heteroatoms. The molecule has 0 fully saturated rings. The third-order valence-electron chi connectivity index (χ3n) is 2.40. The summed E-state index contributed by atoms with van der Waals surface area (Å²) in [6.07, 6.45) is 0.861. The molecule has 0 aromatic carbocycles. The maximum atomic E-state index is 5.31. The highest BCUT2D eigenvalue weighted by molar-refractivity contribution is 14.1. The molecule has 0 spiro atoms. The maximum absolute atomic E-state index is 5.31. The van der Waals surface area contributed by atoms with E-state index in [9.17, 15) is 0 Å². The summed E-state index contributed by atoms with van der Waals surface area (Å²) < 4.78 is 5.93. The van der Waals surface area contributed by atoms with E-state index in [-0.39, 0.29) is 0 Å². The lowest BCUT2D eigenvalue weighted by Gasteiger charge is -2.25. The van der Waals surface area contributed by atoms with E-state index in [0.29, 0.717) is 15.2 Å². The Balaban J connectivity index is 2.60. The molecule has 1 aromatic rings. The molecule has 13 heavy (non-hydrogen) atoms. The van der Waals surface area contributed by atoms with Crippen LogP contribution in [0, 0.1) is 15.2 Å². The zero-order valence-electron chi connectivity index (χ0n) is 8.47. The molecule has 0 bridgehead atoms. The Morgan fingerprint density at radius 2 is 2.00 bits per heavy atom. The van der Waals surface area contributed by atoms with Crippen LogP contribution in [0.3, 0.4) is 0 Å². The van der Waals surface area contributed by atoms with Crippen LogP contribution in [0.2, 0.25) is 0 Å². The van der Waals surface area contributed by atoms with Gasteiger partial charge in [-0.05, 0) is 11.3 Å². The van der Waals surface area contributed by atoms with Crippen LogP contribution < -0.4 is 0 Å². The first kappa shape index (κ1) is 10.9. The monoisotopic (exact) mass is 294 g/mol. The van der Waals surface area contributed by atoms with E-state index in [1.54, 1.807) is 0 Å². The molecule has 1 unspecified atom stereocenters. The molecule has 3 nitrogen and oxygen atoms in total. The van der Waals surface area contributed by atoms with Crippen molar-refractivity contribution in [3.63, 3.8) is 0 Å². The first-order chi connectivity index (χ1) is 5.89. The highest BCUT2D eigenvalue weighted by Crippen LogP contribution is 2.27. The molecule has 0 saturated heterocycles. The highest BCUT2D eigenvalue weighted by atomic mass is 127. The van der Waals surface area contributed by atoms with Gasteiger partial charge in [0.15, 0.2) is 0 Å². The van der Waals surface area contributed by atoms with Gasteiger partial charge in [-0.25, -0.2) is 0 Å². The summed E-state index contributed by atoms with van der Waals surface area (Å²) >= 11 is 2.03. The first-order valence-electron chi connectivity index (χ1n) is 4.37. The SMILES string of the molecule is CC(Cc1nnc(I)o1)C(C)(C)C. The number of hydrogen-bond acceptors (Lipinski definition) is 3. The van der Waals surface area contributed by atoms with Gasteiger partial charge in [0, 0.05) is 29.0 Å². The van der Waals surface area contributed by atoms with Crippen molar-refractivity contribution in [3.05, 3.63) is 9.79 Å². The second-order valence-corrected chi connectivity index (χ2v) is 5.34. The Labute approximate surface area is 92.4 Å². The fourth-order valence-corrected chi connectivity index (χ4v) is 1.25. The molecule has 0 saturated carbocycles. The number of nitrogens with zero attached hydrogens (tertiary/aromatic N) is 2. The number of rotatable bonds is 2. The van der Waals surface area contributed by atoms with Crippen LogP contribution in [0.5, 0.6) is 0 Å². The second kappa shape index (κ2) is 3.94. The fourth-order valence-electron chi connectivity index (χ4n) is 0.884. The van der Waals surface area contributed by atoms with Gasteiger partial charge in [-0.3, -0.25) is 0 Å². The molecule has 0 aliphatic rings. The van der Waals surface area contributed by atoms with Crippen LogP contribution in [-0.2, 0) is 6.42 Å². The van der Waals surface area contributed by atoms with E-state index in [2.05, 4.69) is 37.9 Å². The fraction of sp³-hybridized carbons (Fsp3) is 0.778. The molecule has 1 atom stereocenters. The third kappa shape index (κ3) is 3.25. The number of halogens is 1. The summed E-state index contributed by atoms with van der Waals surface area (Å²) in [5, 5.41) is 7.77. The van der Waals surface area contributed by atoms with Gasteiger partial charge in [0.1, 0.15) is 0 Å². The Hall–Kier alpha value is -0.130. The average Bonchev–Trinajstić information content (AvgIpc) is 2.33. The minimum Gasteiger partial charge on any atom is -0.416 e. The number of aromatic nitrogens is 2.